The molecule has 2 heterocycles. The summed E-state index contributed by atoms with van der Waals surface area (Å²) < 4.78 is 46.5. The molecule has 1 unspecified atom stereocenters. The van der Waals surface area contributed by atoms with Gasteiger partial charge in [0.2, 0.25) is 15.9 Å². The Labute approximate surface area is 198 Å². The third kappa shape index (κ3) is 5.60. The van der Waals surface area contributed by atoms with Gasteiger partial charge < -0.3 is 10.1 Å². The number of nitrogens with zero attached hydrogens (tertiary/aromatic N) is 2. The first-order chi connectivity index (χ1) is 16.3. The summed E-state index contributed by atoms with van der Waals surface area (Å²) >= 11 is 0. The number of carbonyl (C=O) groups excluding carboxylic acids is 1. The fourth-order valence-electron chi connectivity index (χ4n) is 3.87. The molecule has 0 spiro atoms. The molecular formula is C25H26FN3O4S. The van der Waals surface area contributed by atoms with Crippen molar-refractivity contribution in [3.8, 4) is 11.6 Å². The summed E-state index contributed by atoms with van der Waals surface area (Å²) in [4.78, 5) is 17.0. The molecule has 0 bridgehead atoms. The second-order valence-electron chi connectivity index (χ2n) is 8.24. The van der Waals surface area contributed by atoms with Crippen molar-refractivity contribution in [1.82, 2.24) is 14.6 Å². The first kappa shape index (κ1) is 23.8. The minimum absolute atomic E-state index is 0.0587. The summed E-state index contributed by atoms with van der Waals surface area (Å²) in [5.74, 6) is -0.157. The van der Waals surface area contributed by atoms with Gasteiger partial charge >= 0.3 is 0 Å². The maximum atomic E-state index is 13.3. The van der Waals surface area contributed by atoms with Crippen LogP contribution in [-0.2, 0) is 16.6 Å². The maximum absolute atomic E-state index is 13.3. The van der Waals surface area contributed by atoms with Gasteiger partial charge in [0.1, 0.15) is 11.6 Å². The van der Waals surface area contributed by atoms with Crippen molar-refractivity contribution >= 4 is 15.9 Å². The molecule has 3 aromatic rings. The van der Waals surface area contributed by atoms with Gasteiger partial charge in [0.15, 0.2) is 0 Å². The van der Waals surface area contributed by atoms with Crippen molar-refractivity contribution in [2.45, 2.75) is 43.7 Å². The number of benzene rings is 2. The molecule has 1 aromatic heterocycles. The van der Waals surface area contributed by atoms with Crippen molar-refractivity contribution in [3.05, 3.63) is 83.8 Å². The van der Waals surface area contributed by atoms with E-state index in [1.54, 1.807) is 42.6 Å². The molecule has 0 saturated carbocycles. The summed E-state index contributed by atoms with van der Waals surface area (Å²) in [5, 5.41) is 2.78. The van der Waals surface area contributed by atoms with Crippen LogP contribution in [0.15, 0.2) is 71.8 Å². The number of amides is 1. The van der Waals surface area contributed by atoms with E-state index >= 15 is 0 Å². The Morgan fingerprint density at radius 2 is 1.97 bits per heavy atom. The molecular weight excluding hydrogens is 457 g/mol. The van der Waals surface area contributed by atoms with E-state index in [2.05, 4.69) is 10.3 Å². The molecule has 178 valence electrons. The fourth-order valence-corrected chi connectivity index (χ4v) is 5.62. The average Bonchev–Trinajstić information content (AvgIpc) is 2.84. The third-order valence-electron chi connectivity index (χ3n) is 5.71. The Bertz CT molecular complexity index is 1270. The van der Waals surface area contributed by atoms with E-state index in [0.29, 0.717) is 18.2 Å². The van der Waals surface area contributed by atoms with Gasteiger partial charge in [-0.15, -0.1) is 0 Å². The number of sulfonamides is 1. The second-order valence-corrected chi connectivity index (χ2v) is 10.1. The van der Waals surface area contributed by atoms with Gasteiger partial charge in [-0.1, -0.05) is 24.6 Å². The van der Waals surface area contributed by atoms with Crippen LogP contribution in [0.2, 0.25) is 0 Å². The van der Waals surface area contributed by atoms with E-state index in [-0.39, 0.29) is 29.0 Å². The standard InChI is InChI=1S/C25H26FN3O4S/c1-18-6-2-3-13-29(18)34(31,32)23-10-4-7-20(14-23)25(30)28-17-19-11-12-24(27-16-19)33-22-9-5-8-21(26)15-22/h4-5,7-12,14-16,18H,2-3,6,13,17H2,1H3,(H,28,30). The molecule has 0 aliphatic carbocycles. The van der Waals surface area contributed by atoms with Gasteiger partial charge in [-0.25, -0.2) is 17.8 Å². The Morgan fingerprint density at radius 3 is 2.71 bits per heavy atom. The zero-order valence-electron chi connectivity index (χ0n) is 18.8. The second kappa shape index (κ2) is 10.3. The molecule has 1 atom stereocenters. The predicted octanol–water partition coefficient (Wildman–Crippen LogP) is 4.51. The lowest BCUT2D eigenvalue weighted by Crippen LogP contribution is -2.42. The fraction of sp³-hybridized carbons (Fsp3) is 0.280. The highest BCUT2D eigenvalue weighted by atomic mass is 32.2. The summed E-state index contributed by atoms with van der Waals surface area (Å²) in [5.41, 5.74) is 0.996. The van der Waals surface area contributed by atoms with Crippen LogP contribution in [-0.4, -0.2) is 36.2 Å². The molecule has 7 nitrogen and oxygen atoms in total. The van der Waals surface area contributed by atoms with Gasteiger partial charge in [-0.05, 0) is 55.7 Å². The van der Waals surface area contributed by atoms with E-state index < -0.39 is 15.8 Å². The Balaban J connectivity index is 1.38. The minimum Gasteiger partial charge on any atom is -0.439 e. The lowest BCUT2D eigenvalue weighted by molar-refractivity contribution is 0.0950. The number of rotatable bonds is 7. The highest BCUT2D eigenvalue weighted by Crippen LogP contribution is 2.25. The smallest absolute Gasteiger partial charge is 0.251 e. The number of nitrogens with one attached hydrogen (secondary N) is 1. The lowest BCUT2D eigenvalue weighted by Gasteiger charge is -2.32. The first-order valence-electron chi connectivity index (χ1n) is 11.1. The largest absolute Gasteiger partial charge is 0.439 e. The zero-order valence-corrected chi connectivity index (χ0v) is 19.6. The van der Waals surface area contributed by atoms with Gasteiger partial charge in [-0.3, -0.25) is 4.79 Å². The van der Waals surface area contributed by atoms with Crippen molar-refractivity contribution in [2.24, 2.45) is 0 Å². The van der Waals surface area contributed by atoms with E-state index in [0.717, 1.165) is 24.8 Å². The van der Waals surface area contributed by atoms with Crippen LogP contribution < -0.4 is 10.1 Å². The Morgan fingerprint density at radius 1 is 1.15 bits per heavy atom. The maximum Gasteiger partial charge on any atom is 0.251 e. The number of ether oxygens (including phenoxy) is 1. The quantitative estimate of drug-likeness (QED) is 0.534. The summed E-state index contributed by atoms with van der Waals surface area (Å²) in [7, 11) is -3.66. The van der Waals surface area contributed by atoms with Crippen LogP contribution in [0, 0.1) is 5.82 Å². The molecule has 9 heteroatoms. The zero-order chi connectivity index (χ0) is 24.1. The predicted molar refractivity (Wildman–Crippen MR) is 126 cm³/mol. The molecule has 4 rings (SSSR count). The van der Waals surface area contributed by atoms with E-state index in [4.69, 9.17) is 4.74 Å². The molecule has 1 fully saturated rings. The van der Waals surface area contributed by atoms with Gasteiger partial charge in [0.25, 0.3) is 5.91 Å². The van der Waals surface area contributed by atoms with E-state index in [9.17, 15) is 17.6 Å². The number of hydrogen-bond acceptors (Lipinski definition) is 5. The van der Waals surface area contributed by atoms with Crippen molar-refractivity contribution in [2.75, 3.05) is 6.54 Å². The SMILES string of the molecule is CC1CCCCN1S(=O)(=O)c1cccc(C(=O)NCc2ccc(Oc3cccc(F)c3)nc2)c1. The van der Waals surface area contributed by atoms with Crippen molar-refractivity contribution < 1.29 is 22.3 Å². The number of halogens is 1. The van der Waals surface area contributed by atoms with Gasteiger partial charge in [-0.2, -0.15) is 4.31 Å². The van der Waals surface area contributed by atoms with E-state index in [1.807, 2.05) is 6.92 Å². The van der Waals surface area contributed by atoms with Crippen LogP contribution in [0.5, 0.6) is 11.6 Å². The molecule has 1 aliphatic rings. The molecule has 1 aliphatic heterocycles. The number of pyridine rings is 1. The monoisotopic (exact) mass is 483 g/mol. The number of carbonyl (C=O) groups is 1. The lowest BCUT2D eigenvalue weighted by atomic mass is 10.1. The summed E-state index contributed by atoms with van der Waals surface area (Å²) in [6, 6.07) is 15.2. The normalized spacial score (nSPS) is 16.7. The van der Waals surface area contributed by atoms with E-state index in [1.165, 1.54) is 28.6 Å². The number of hydrogen-bond donors (Lipinski definition) is 1. The molecule has 1 N–H and O–H groups in total. The van der Waals surface area contributed by atoms with Crippen LogP contribution in [0.3, 0.4) is 0 Å². The molecule has 1 saturated heterocycles. The van der Waals surface area contributed by atoms with Gasteiger partial charge in [0, 0.05) is 43.0 Å². The average molecular weight is 484 g/mol. The van der Waals surface area contributed by atoms with Gasteiger partial charge in [0.05, 0.1) is 4.90 Å². The topological polar surface area (TPSA) is 88.6 Å². The first-order valence-corrected chi connectivity index (χ1v) is 12.6. The minimum atomic E-state index is -3.66. The molecule has 34 heavy (non-hydrogen) atoms. The van der Waals surface area contributed by atoms with Crippen molar-refractivity contribution in [1.29, 1.82) is 0 Å². The molecule has 1 amide bonds. The van der Waals surface area contributed by atoms with Crippen LogP contribution in [0.1, 0.15) is 42.1 Å². The summed E-state index contributed by atoms with van der Waals surface area (Å²) in [6.45, 7) is 2.60. The van der Waals surface area contributed by atoms with Crippen LogP contribution in [0.25, 0.3) is 0 Å². The Kier molecular flexibility index (Phi) is 7.23. The highest BCUT2D eigenvalue weighted by molar-refractivity contribution is 7.89. The number of aromatic nitrogens is 1. The molecule has 2 aromatic carbocycles. The van der Waals surface area contributed by atoms with Crippen LogP contribution >= 0.6 is 0 Å². The third-order valence-corrected chi connectivity index (χ3v) is 7.72. The van der Waals surface area contributed by atoms with Crippen LogP contribution in [0.4, 0.5) is 4.39 Å². The molecule has 0 radical (unpaired) electrons. The summed E-state index contributed by atoms with van der Waals surface area (Å²) in [6.07, 6.45) is 4.24. The number of piperidine rings is 1. The Hall–Kier alpha value is -3.30. The highest BCUT2D eigenvalue weighted by Gasteiger charge is 2.31. The van der Waals surface area contributed by atoms with Crippen molar-refractivity contribution in [3.63, 3.8) is 0 Å².